The molecule has 0 bridgehead atoms. The monoisotopic (exact) mass is 245 g/mol. The zero-order chi connectivity index (χ0) is 12.1. The number of amides is 1. The van der Waals surface area contributed by atoms with Crippen LogP contribution < -0.4 is 5.32 Å². The van der Waals surface area contributed by atoms with Crippen LogP contribution in [0.1, 0.15) is 18.0 Å². The smallest absolute Gasteiger partial charge is 0.305 e. The quantitative estimate of drug-likeness (QED) is 0.777. The van der Waals surface area contributed by atoms with Crippen LogP contribution in [0.5, 0.6) is 0 Å². The third-order valence-electron chi connectivity index (χ3n) is 1.98. The first-order valence-corrected chi connectivity index (χ1v) is 4.79. The predicted octanol–water partition coefficient (Wildman–Crippen LogP) is 1.74. The summed E-state index contributed by atoms with van der Waals surface area (Å²) in [7, 11) is 0. The van der Waals surface area contributed by atoms with Crippen molar-refractivity contribution in [3.63, 3.8) is 0 Å². The molecule has 0 heterocycles. The molecule has 0 unspecified atom stereocenters. The minimum atomic E-state index is -1.14. The van der Waals surface area contributed by atoms with Gasteiger partial charge in [-0.15, -0.1) is 0 Å². The third-order valence-corrected chi connectivity index (χ3v) is 2.22. The van der Waals surface area contributed by atoms with Crippen LogP contribution in [0.25, 0.3) is 0 Å². The van der Waals surface area contributed by atoms with E-state index >= 15 is 0 Å². The first-order chi connectivity index (χ1) is 7.54. The minimum Gasteiger partial charge on any atom is -0.481 e. The fraction of sp³-hybridized carbons (Fsp3) is 0.200. The van der Waals surface area contributed by atoms with Gasteiger partial charge in [0, 0.05) is 10.6 Å². The number of benzene rings is 1. The van der Waals surface area contributed by atoms with Crippen LogP contribution >= 0.6 is 11.6 Å². The van der Waals surface area contributed by atoms with Crippen molar-refractivity contribution >= 4 is 24.0 Å². The van der Waals surface area contributed by atoms with E-state index < -0.39 is 24.2 Å². The SMILES string of the molecule is O=CN[C@@H](CC(=O)O)c1cc(Cl)ccc1F. The Kier molecular flexibility index (Phi) is 4.25. The second kappa shape index (κ2) is 5.46. The van der Waals surface area contributed by atoms with E-state index in [1.54, 1.807) is 0 Å². The highest BCUT2D eigenvalue weighted by atomic mass is 35.5. The number of hydrogen-bond acceptors (Lipinski definition) is 2. The molecule has 1 rings (SSSR count). The predicted molar refractivity (Wildman–Crippen MR) is 55.6 cm³/mol. The van der Waals surface area contributed by atoms with E-state index in [1.165, 1.54) is 12.1 Å². The van der Waals surface area contributed by atoms with Gasteiger partial charge in [-0.3, -0.25) is 9.59 Å². The Hall–Kier alpha value is -1.62. The molecule has 0 aliphatic carbocycles. The Labute approximate surface area is 96.0 Å². The van der Waals surface area contributed by atoms with E-state index in [2.05, 4.69) is 5.32 Å². The van der Waals surface area contributed by atoms with E-state index in [9.17, 15) is 14.0 Å². The number of carbonyl (C=O) groups is 2. The van der Waals surface area contributed by atoms with Crippen molar-refractivity contribution in [3.8, 4) is 0 Å². The van der Waals surface area contributed by atoms with Gasteiger partial charge in [0.1, 0.15) is 5.82 Å². The van der Waals surface area contributed by atoms with Crippen LogP contribution in [-0.4, -0.2) is 17.5 Å². The first-order valence-electron chi connectivity index (χ1n) is 4.41. The fourth-order valence-corrected chi connectivity index (χ4v) is 1.48. The van der Waals surface area contributed by atoms with Gasteiger partial charge in [0.05, 0.1) is 12.5 Å². The highest BCUT2D eigenvalue weighted by Gasteiger charge is 2.18. The number of carboxylic acid groups (broad SMARTS) is 1. The van der Waals surface area contributed by atoms with E-state index in [0.29, 0.717) is 6.41 Å². The summed E-state index contributed by atoms with van der Waals surface area (Å²) in [4.78, 5) is 20.8. The van der Waals surface area contributed by atoms with Crippen molar-refractivity contribution in [1.29, 1.82) is 0 Å². The van der Waals surface area contributed by atoms with Crippen LogP contribution in [0, 0.1) is 5.82 Å². The topological polar surface area (TPSA) is 66.4 Å². The lowest BCUT2D eigenvalue weighted by molar-refractivity contribution is -0.137. The lowest BCUT2D eigenvalue weighted by Gasteiger charge is -2.15. The molecule has 16 heavy (non-hydrogen) atoms. The van der Waals surface area contributed by atoms with Crippen molar-refractivity contribution in [2.24, 2.45) is 0 Å². The lowest BCUT2D eigenvalue weighted by atomic mass is 10.0. The van der Waals surface area contributed by atoms with Crippen molar-refractivity contribution in [3.05, 3.63) is 34.6 Å². The van der Waals surface area contributed by atoms with Crippen molar-refractivity contribution < 1.29 is 19.1 Å². The van der Waals surface area contributed by atoms with Gasteiger partial charge in [0.15, 0.2) is 0 Å². The van der Waals surface area contributed by atoms with Crippen LogP contribution in [-0.2, 0) is 9.59 Å². The molecular formula is C10H9ClFNO3. The summed E-state index contributed by atoms with van der Waals surface area (Å²) in [5.74, 6) is -1.75. The van der Waals surface area contributed by atoms with Gasteiger partial charge in [-0.05, 0) is 18.2 Å². The van der Waals surface area contributed by atoms with Crippen LogP contribution in [0.15, 0.2) is 18.2 Å². The van der Waals surface area contributed by atoms with E-state index in [4.69, 9.17) is 16.7 Å². The minimum absolute atomic E-state index is 0.0574. The van der Waals surface area contributed by atoms with Gasteiger partial charge in [-0.2, -0.15) is 0 Å². The number of carboxylic acids is 1. The summed E-state index contributed by atoms with van der Waals surface area (Å²) >= 11 is 5.67. The van der Waals surface area contributed by atoms with E-state index in [1.807, 2.05) is 0 Å². The Bertz CT molecular complexity index is 411. The molecule has 0 aliphatic rings. The average Bonchev–Trinajstić information content (AvgIpc) is 2.20. The fourth-order valence-electron chi connectivity index (χ4n) is 1.30. The molecule has 2 N–H and O–H groups in total. The van der Waals surface area contributed by atoms with Gasteiger partial charge in [-0.1, -0.05) is 11.6 Å². The van der Waals surface area contributed by atoms with Gasteiger partial charge in [0.25, 0.3) is 0 Å². The van der Waals surface area contributed by atoms with Crippen LogP contribution in [0.3, 0.4) is 0 Å². The van der Waals surface area contributed by atoms with Crippen LogP contribution in [0.4, 0.5) is 4.39 Å². The molecule has 86 valence electrons. The van der Waals surface area contributed by atoms with Crippen molar-refractivity contribution in [1.82, 2.24) is 5.32 Å². The van der Waals surface area contributed by atoms with Gasteiger partial charge < -0.3 is 10.4 Å². The number of aliphatic carboxylic acids is 1. The zero-order valence-corrected chi connectivity index (χ0v) is 8.87. The molecular weight excluding hydrogens is 237 g/mol. The van der Waals surface area contributed by atoms with E-state index in [-0.39, 0.29) is 10.6 Å². The van der Waals surface area contributed by atoms with Gasteiger partial charge in [0.2, 0.25) is 6.41 Å². The maximum Gasteiger partial charge on any atom is 0.305 e. The second-order valence-corrected chi connectivity index (χ2v) is 3.54. The molecule has 0 fully saturated rings. The number of hydrogen-bond donors (Lipinski definition) is 2. The van der Waals surface area contributed by atoms with Gasteiger partial charge >= 0.3 is 5.97 Å². The van der Waals surface area contributed by atoms with Crippen molar-refractivity contribution in [2.75, 3.05) is 0 Å². The average molecular weight is 246 g/mol. The molecule has 1 atom stereocenters. The lowest BCUT2D eigenvalue weighted by Crippen LogP contribution is -2.23. The molecule has 0 saturated heterocycles. The second-order valence-electron chi connectivity index (χ2n) is 3.10. The zero-order valence-electron chi connectivity index (χ0n) is 8.11. The molecule has 1 aromatic carbocycles. The summed E-state index contributed by atoms with van der Waals surface area (Å²) < 4.78 is 13.4. The standard InChI is InChI=1S/C10H9ClFNO3/c11-6-1-2-8(12)7(3-6)9(13-5-14)4-10(15)16/h1-3,5,9H,4H2,(H,13,14)(H,15,16)/t9-/m0/s1. The summed E-state index contributed by atoms with van der Waals surface area (Å²) in [6.45, 7) is 0. The molecule has 0 spiro atoms. The number of halogens is 2. The maximum absolute atomic E-state index is 13.4. The van der Waals surface area contributed by atoms with Gasteiger partial charge in [-0.25, -0.2) is 4.39 Å². The number of rotatable bonds is 5. The van der Waals surface area contributed by atoms with Crippen molar-refractivity contribution in [2.45, 2.75) is 12.5 Å². The molecule has 6 heteroatoms. The van der Waals surface area contributed by atoms with Crippen LogP contribution in [0.2, 0.25) is 5.02 Å². The number of nitrogens with one attached hydrogen (secondary N) is 1. The Morgan fingerprint density at radius 3 is 2.88 bits per heavy atom. The summed E-state index contributed by atoms with van der Waals surface area (Å²) in [6.07, 6.45) is -0.0794. The molecule has 0 aliphatic heterocycles. The highest BCUT2D eigenvalue weighted by molar-refractivity contribution is 6.30. The Balaban J connectivity index is 3.03. The maximum atomic E-state index is 13.4. The Morgan fingerprint density at radius 1 is 1.62 bits per heavy atom. The largest absolute Gasteiger partial charge is 0.481 e. The normalized spacial score (nSPS) is 11.9. The Morgan fingerprint density at radius 2 is 2.31 bits per heavy atom. The molecule has 0 saturated carbocycles. The van der Waals surface area contributed by atoms with E-state index in [0.717, 1.165) is 6.07 Å². The summed E-state index contributed by atoms with van der Waals surface area (Å²) in [5, 5.41) is 11.1. The highest BCUT2D eigenvalue weighted by Crippen LogP contribution is 2.23. The number of carbonyl (C=O) groups excluding carboxylic acids is 1. The molecule has 1 amide bonds. The molecule has 0 aromatic heterocycles. The first kappa shape index (κ1) is 12.4. The molecule has 4 nitrogen and oxygen atoms in total. The molecule has 0 radical (unpaired) electrons. The molecule has 1 aromatic rings. The third kappa shape index (κ3) is 3.20. The summed E-state index contributed by atoms with van der Waals surface area (Å²) in [6, 6.07) is 2.84. The summed E-state index contributed by atoms with van der Waals surface area (Å²) in [5.41, 5.74) is 0.0574.